The molecule has 0 atom stereocenters. The van der Waals surface area contributed by atoms with Crippen molar-refractivity contribution < 1.29 is 9.47 Å². The van der Waals surface area contributed by atoms with Crippen molar-refractivity contribution in [3.05, 3.63) is 103 Å². The molecule has 0 aromatic heterocycles. The van der Waals surface area contributed by atoms with Crippen LogP contribution in [0.2, 0.25) is 0 Å². The molecule has 5 aromatic carbocycles. The topological polar surface area (TPSA) is 21.7 Å². The third kappa shape index (κ3) is 4.13. The Hall–Kier alpha value is -3.89. The highest BCUT2D eigenvalue weighted by atomic mass is 32.1. The Kier molecular flexibility index (Phi) is 5.68. The Morgan fingerprint density at radius 3 is 1.73 bits per heavy atom. The zero-order valence-electron chi connectivity index (χ0n) is 18.5. The fourth-order valence-electron chi connectivity index (χ4n) is 3.99. The molecule has 0 saturated carbocycles. The van der Waals surface area contributed by atoms with Crippen molar-refractivity contribution in [1.29, 1.82) is 0 Å². The number of hydrogen-bond acceptors (Lipinski definition) is 3. The number of fused-ring (bicyclic) bond motifs is 2. The number of benzene rings is 5. The van der Waals surface area contributed by atoms with Gasteiger partial charge in [0, 0.05) is 25.2 Å². The average Bonchev–Trinajstić information content (AvgIpc) is 2.85. The van der Waals surface area contributed by atoms with Crippen LogP contribution in [-0.4, -0.2) is 24.2 Å². The van der Waals surface area contributed by atoms with Crippen molar-refractivity contribution >= 4 is 38.9 Å². The van der Waals surface area contributed by atoms with Crippen LogP contribution in [0.15, 0.2) is 103 Å². The molecule has 5 aromatic rings. The molecule has 0 aliphatic carbocycles. The molecule has 0 aliphatic rings. The summed E-state index contributed by atoms with van der Waals surface area (Å²) in [5, 5.41) is 4.81. The largest absolute Gasteiger partial charge is 0.457 e. The molecule has 162 valence electrons. The third-order valence-electron chi connectivity index (χ3n) is 5.57. The molecule has 5 rings (SSSR count). The van der Waals surface area contributed by atoms with Gasteiger partial charge >= 0.3 is 0 Å². The maximum atomic E-state index is 6.43. The van der Waals surface area contributed by atoms with Gasteiger partial charge < -0.3 is 14.4 Å². The number of hydrogen-bond donors (Lipinski definition) is 0. The van der Waals surface area contributed by atoms with Gasteiger partial charge in [-0.15, -0.1) is 0 Å². The van der Waals surface area contributed by atoms with Gasteiger partial charge in [0.05, 0.1) is 0 Å². The van der Waals surface area contributed by atoms with Gasteiger partial charge in [0.15, 0.2) is 0 Å². The van der Waals surface area contributed by atoms with E-state index in [0.29, 0.717) is 10.9 Å². The summed E-state index contributed by atoms with van der Waals surface area (Å²) in [5.41, 5.74) is 1.94. The number of nitrogens with zero attached hydrogens (tertiary/aromatic N) is 1. The normalized spacial score (nSPS) is 10.8. The molecule has 0 fully saturated rings. The van der Waals surface area contributed by atoms with E-state index in [4.69, 9.17) is 21.7 Å². The van der Waals surface area contributed by atoms with Crippen LogP contribution in [0.4, 0.5) is 0 Å². The predicted octanol–water partition coefficient (Wildman–Crippen LogP) is 7.68. The van der Waals surface area contributed by atoms with Crippen LogP contribution in [0.3, 0.4) is 0 Å². The maximum absolute atomic E-state index is 6.43. The first-order valence-corrected chi connectivity index (χ1v) is 11.2. The van der Waals surface area contributed by atoms with Crippen molar-refractivity contribution in [1.82, 2.24) is 4.90 Å². The molecule has 0 aliphatic heterocycles. The Morgan fingerprint density at radius 1 is 0.606 bits per heavy atom. The zero-order chi connectivity index (χ0) is 22.8. The van der Waals surface area contributed by atoms with Gasteiger partial charge in [-0.1, -0.05) is 78.9 Å². The van der Waals surface area contributed by atoms with E-state index < -0.39 is 0 Å². The van der Waals surface area contributed by atoms with Crippen LogP contribution in [0, 0.1) is 0 Å². The summed E-state index contributed by atoms with van der Waals surface area (Å²) < 4.78 is 12.7. The SMILES string of the molecule is CN(C)C(=S)Oc1ccc2ccccc2c1-c1c(Oc2ccccc2)ccc2ccccc12. The van der Waals surface area contributed by atoms with Crippen molar-refractivity contribution in [3.8, 4) is 28.4 Å². The van der Waals surface area contributed by atoms with E-state index in [0.717, 1.165) is 44.2 Å². The van der Waals surface area contributed by atoms with E-state index in [1.54, 1.807) is 4.90 Å². The van der Waals surface area contributed by atoms with E-state index in [1.165, 1.54) is 0 Å². The Bertz CT molecular complexity index is 1460. The molecule has 4 heteroatoms. The standard InChI is InChI=1S/C29H23NO2S/c1-30(2)29(33)32-26-19-17-21-11-7-9-15-24(21)28(26)27-23-14-8-6-10-20(23)16-18-25(27)31-22-12-4-3-5-13-22/h3-19H,1-2H3. The quantitative estimate of drug-likeness (QED) is 0.262. The van der Waals surface area contributed by atoms with Gasteiger partial charge in [0.25, 0.3) is 5.17 Å². The monoisotopic (exact) mass is 449 g/mol. The van der Waals surface area contributed by atoms with E-state index in [1.807, 2.05) is 80.8 Å². The second-order valence-electron chi connectivity index (χ2n) is 8.00. The second-order valence-corrected chi connectivity index (χ2v) is 8.35. The van der Waals surface area contributed by atoms with Gasteiger partial charge in [-0.25, -0.2) is 0 Å². The van der Waals surface area contributed by atoms with Crippen LogP contribution in [-0.2, 0) is 0 Å². The summed E-state index contributed by atoms with van der Waals surface area (Å²) >= 11 is 5.50. The van der Waals surface area contributed by atoms with Crippen molar-refractivity contribution in [2.24, 2.45) is 0 Å². The predicted molar refractivity (Wildman–Crippen MR) is 140 cm³/mol. The average molecular weight is 450 g/mol. The number of ether oxygens (including phenoxy) is 2. The number of rotatable bonds is 4. The number of thiocarbonyl (C=S) groups is 1. The van der Waals surface area contributed by atoms with Gasteiger partial charge in [-0.3, -0.25) is 0 Å². The highest BCUT2D eigenvalue weighted by Gasteiger charge is 2.20. The lowest BCUT2D eigenvalue weighted by Crippen LogP contribution is -2.25. The fraction of sp³-hybridized carbons (Fsp3) is 0.0690. The summed E-state index contributed by atoms with van der Waals surface area (Å²) in [6, 6.07) is 34.7. The minimum absolute atomic E-state index is 0.400. The summed E-state index contributed by atoms with van der Waals surface area (Å²) in [6.07, 6.45) is 0. The Labute approximate surface area is 198 Å². The summed E-state index contributed by atoms with van der Waals surface area (Å²) in [4.78, 5) is 1.79. The summed E-state index contributed by atoms with van der Waals surface area (Å²) in [6.45, 7) is 0. The Balaban J connectivity index is 1.83. The van der Waals surface area contributed by atoms with E-state index in [2.05, 4.69) is 36.4 Å². The van der Waals surface area contributed by atoms with E-state index in [-0.39, 0.29) is 0 Å². The third-order valence-corrected chi connectivity index (χ3v) is 6.01. The molecule has 0 radical (unpaired) electrons. The summed E-state index contributed by atoms with van der Waals surface area (Å²) in [5.74, 6) is 2.24. The molecular formula is C29H23NO2S. The molecule has 0 unspecified atom stereocenters. The maximum Gasteiger partial charge on any atom is 0.264 e. The molecule has 3 nitrogen and oxygen atoms in total. The lowest BCUT2D eigenvalue weighted by Gasteiger charge is -2.21. The minimum atomic E-state index is 0.400. The highest BCUT2D eigenvalue weighted by molar-refractivity contribution is 7.80. The van der Waals surface area contributed by atoms with E-state index in [9.17, 15) is 0 Å². The van der Waals surface area contributed by atoms with Crippen molar-refractivity contribution in [3.63, 3.8) is 0 Å². The first kappa shape index (κ1) is 21.0. The molecule has 0 N–H and O–H groups in total. The molecule has 0 heterocycles. The van der Waals surface area contributed by atoms with Gasteiger partial charge in [-0.05, 0) is 58.0 Å². The van der Waals surface area contributed by atoms with Gasteiger partial charge in [0.1, 0.15) is 17.2 Å². The molecule has 33 heavy (non-hydrogen) atoms. The molecular weight excluding hydrogens is 426 g/mol. The lowest BCUT2D eigenvalue weighted by atomic mass is 9.92. The first-order valence-electron chi connectivity index (χ1n) is 10.8. The van der Waals surface area contributed by atoms with Crippen molar-refractivity contribution in [2.75, 3.05) is 14.1 Å². The van der Waals surface area contributed by atoms with Crippen molar-refractivity contribution in [2.45, 2.75) is 0 Å². The van der Waals surface area contributed by atoms with Crippen LogP contribution in [0.5, 0.6) is 17.2 Å². The minimum Gasteiger partial charge on any atom is -0.457 e. The molecule has 0 spiro atoms. The van der Waals surface area contributed by atoms with Crippen LogP contribution in [0.25, 0.3) is 32.7 Å². The Morgan fingerprint density at radius 2 is 1.12 bits per heavy atom. The zero-order valence-corrected chi connectivity index (χ0v) is 19.3. The highest BCUT2D eigenvalue weighted by Crippen LogP contribution is 2.46. The van der Waals surface area contributed by atoms with Crippen LogP contribution >= 0.6 is 12.2 Å². The van der Waals surface area contributed by atoms with Gasteiger partial charge in [-0.2, -0.15) is 0 Å². The summed E-state index contributed by atoms with van der Waals surface area (Å²) in [7, 11) is 3.76. The van der Waals surface area contributed by atoms with E-state index >= 15 is 0 Å². The smallest absolute Gasteiger partial charge is 0.264 e. The molecule has 0 saturated heterocycles. The second kappa shape index (κ2) is 8.93. The lowest BCUT2D eigenvalue weighted by molar-refractivity contribution is 0.450. The van der Waals surface area contributed by atoms with Gasteiger partial charge in [0.2, 0.25) is 0 Å². The first-order chi connectivity index (χ1) is 16.1. The van der Waals surface area contributed by atoms with Crippen LogP contribution in [0.1, 0.15) is 0 Å². The number of para-hydroxylation sites is 1. The fourth-order valence-corrected chi connectivity index (χ4v) is 4.08. The molecule has 0 bridgehead atoms. The molecule has 0 amide bonds. The van der Waals surface area contributed by atoms with Crippen LogP contribution < -0.4 is 9.47 Å².